The molecular formula is C33H35N7O. The zero-order chi connectivity index (χ0) is 28.7. The number of fused-ring (bicyclic) bond motifs is 1. The number of piperazine rings is 1. The van der Waals surface area contributed by atoms with Gasteiger partial charge in [0.05, 0.1) is 11.9 Å². The maximum absolute atomic E-state index is 12.2. The Hall–Kier alpha value is -4.69. The zero-order valence-electron chi connectivity index (χ0n) is 24.0. The molecule has 1 saturated heterocycles. The number of aromatic nitrogens is 4. The fourth-order valence-corrected chi connectivity index (χ4v) is 5.53. The van der Waals surface area contributed by atoms with E-state index in [2.05, 4.69) is 82.1 Å². The van der Waals surface area contributed by atoms with Crippen molar-refractivity contribution in [1.82, 2.24) is 24.6 Å². The molecule has 2 N–H and O–H groups in total. The van der Waals surface area contributed by atoms with Crippen molar-refractivity contribution in [2.24, 2.45) is 7.05 Å². The Labute approximate surface area is 240 Å². The number of amides is 1. The third-order valence-corrected chi connectivity index (χ3v) is 8.14. The summed E-state index contributed by atoms with van der Waals surface area (Å²) in [7, 11) is 4.10. The molecule has 0 unspecified atom stereocenters. The fraction of sp³-hybridized carbons (Fsp3) is 0.242. The Bertz CT molecular complexity index is 1750. The minimum absolute atomic E-state index is 0.237. The number of rotatable bonds is 6. The summed E-state index contributed by atoms with van der Waals surface area (Å²) < 4.78 is 1.79. The Morgan fingerprint density at radius 1 is 1.02 bits per heavy atom. The highest BCUT2D eigenvalue weighted by Crippen LogP contribution is 2.41. The lowest BCUT2D eigenvalue weighted by Crippen LogP contribution is -2.50. The monoisotopic (exact) mass is 545 g/mol. The number of aryl methyl sites for hydroxylation is 2. The Morgan fingerprint density at radius 2 is 1.80 bits per heavy atom. The summed E-state index contributed by atoms with van der Waals surface area (Å²) in [6, 6.07) is 17.6. The molecule has 8 nitrogen and oxygen atoms in total. The van der Waals surface area contributed by atoms with Gasteiger partial charge < -0.3 is 20.1 Å². The Kier molecular flexibility index (Phi) is 6.93. The van der Waals surface area contributed by atoms with Gasteiger partial charge in [-0.05, 0) is 67.9 Å². The van der Waals surface area contributed by atoms with Crippen molar-refractivity contribution in [3.05, 3.63) is 85.3 Å². The highest BCUT2D eigenvalue weighted by atomic mass is 16.1. The van der Waals surface area contributed by atoms with Crippen LogP contribution in [0.5, 0.6) is 0 Å². The second-order valence-electron chi connectivity index (χ2n) is 10.9. The minimum atomic E-state index is -0.237. The highest BCUT2D eigenvalue weighted by Gasteiger charge is 2.22. The summed E-state index contributed by atoms with van der Waals surface area (Å²) in [5, 5.41) is 8.31. The van der Waals surface area contributed by atoms with Crippen LogP contribution in [0.4, 0.5) is 11.4 Å². The van der Waals surface area contributed by atoms with Gasteiger partial charge in [0.25, 0.3) is 0 Å². The number of hydrogen-bond acceptors (Lipinski definition) is 5. The number of hydrogen-bond donors (Lipinski definition) is 2. The molecule has 1 amide bonds. The molecule has 8 heteroatoms. The number of carbonyl (C=O) groups excluding carboxylic acids is 1. The minimum Gasteiger partial charge on any atom is -0.369 e. The third-order valence-electron chi connectivity index (χ3n) is 8.14. The quantitative estimate of drug-likeness (QED) is 0.261. The molecule has 0 aliphatic carbocycles. The topological polar surface area (TPSA) is 82.1 Å². The van der Waals surface area contributed by atoms with Crippen molar-refractivity contribution in [2.45, 2.75) is 19.9 Å². The first-order valence-electron chi connectivity index (χ1n) is 13.9. The molecule has 208 valence electrons. The maximum atomic E-state index is 12.2. The predicted octanol–water partition coefficient (Wildman–Crippen LogP) is 5.87. The van der Waals surface area contributed by atoms with E-state index in [1.165, 1.54) is 11.8 Å². The first kappa shape index (κ1) is 26.5. The van der Waals surface area contributed by atoms with Gasteiger partial charge in [-0.3, -0.25) is 9.48 Å². The van der Waals surface area contributed by atoms with Crippen LogP contribution < -0.4 is 10.2 Å². The second kappa shape index (κ2) is 10.7. The van der Waals surface area contributed by atoms with E-state index in [1.54, 1.807) is 4.68 Å². The second-order valence-corrected chi connectivity index (χ2v) is 10.9. The molecule has 0 radical (unpaired) electrons. The molecule has 5 aromatic rings. The molecule has 2 aromatic carbocycles. The van der Waals surface area contributed by atoms with Crippen LogP contribution in [0.25, 0.3) is 44.5 Å². The summed E-state index contributed by atoms with van der Waals surface area (Å²) >= 11 is 0. The van der Waals surface area contributed by atoms with E-state index in [9.17, 15) is 4.79 Å². The number of anilines is 2. The van der Waals surface area contributed by atoms with Crippen LogP contribution in [0.2, 0.25) is 0 Å². The summed E-state index contributed by atoms with van der Waals surface area (Å²) in [6.45, 7) is 10.9. The van der Waals surface area contributed by atoms with Gasteiger partial charge in [0, 0.05) is 78.6 Å². The van der Waals surface area contributed by atoms with Crippen LogP contribution in [0, 0.1) is 6.92 Å². The number of carbonyl (C=O) groups is 1. The van der Waals surface area contributed by atoms with Crippen LogP contribution in [-0.2, 0) is 11.8 Å². The zero-order valence-corrected chi connectivity index (χ0v) is 24.0. The molecule has 41 heavy (non-hydrogen) atoms. The summed E-state index contributed by atoms with van der Waals surface area (Å²) in [5.41, 5.74) is 9.84. The standard InChI is InChI=1S/C33H35N7O/c1-6-30(41)36-29-16-24(8-7-21(29)2)31-28-15-25(26-18-35-39(5)20-26)17-34-33(28)37-32(31)23-9-11-27(12-10-23)40-14-13-38(4)22(3)19-40/h6-12,15-18,20,22H,1,13-14,19H2,2-5H3,(H,34,37)(H,36,41)/t22-/m1/s1. The van der Waals surface area contributed by atoms with Crippen LogP contribution >= 0.6 is 0 Å². The molecule has 1 aliphatic rings. The van der Waals surface area contributed by atoms with Crippen molar-refractivity contribution in [3.8, 4) is 33.5 Å². The van der Waals surface area contributed by atoms with Gasteiger partial charge in [-0.1, -0.05) is 30.8 Å². The molecule has 1 aliphatic heterocycles. The number of aromatic amines is 1. The van der Waals surface area contributed by atoms with Crippen LogP contribution in [-0.4, -0.2) is 63.3 Å². The number of nitrogens with zero attached hydrogens (tertiary/aromatic N) is 5. The lowest BCUT2D eigenvalue weighted by atomic mass is 9.96. The average Bonchev–Trinajstić information content (AvgIpc) is 3.59. The van der Waals surface area contributed by atoms with Crippen LogP contribution in [0.1, 0.15) is 12.5 Å². The van der Waals surface area contributed by atoms with Crippen molar-refractivity contribution >= 4 is 28.3 Å². The summed E-state index contributed by atoms with van der Waals surface area (Å²) in [4.78, 5) is 25.5. The van der Waals surface area contributed by atoms with Gasteiger partial charge in [-0.15, -0.1) is 0 Å². The van der Waals surface area contributed by atoms with Crippen molar-refractivity contribution in [3.63, 3.8) is 0 Å². The smallest absolute Gasteiger partial charge is 0.247 e. The summed E-state index contributed by atoms with van der Waals surface area (Å²) in [6.07, 6.45) is 7.01. The molecule has 1 fully saturated rings. The van der Waals surface area contributed by atoms with E-state index in [0.717, 1.165) is 75.4 Å². The van der Waals surface area contributed by atoms with E-state index in [0.29, 0.717) is 6.04 Å². The van der Waals surface area contributed by atoms with E-state index in [1.807, 2.05) is 44.7 Å². The first-order chi connectivity index (χ1) is 19.8. The molecule has 0 saturated carbocycles. The van der Waals surface area contributed by atoms with Crippen molar-refractivity contribution < 1.29 is 4.79 Å². The van der Waals surface area contributed by atoms with Gasteiger partial charge in [-0.2, -0.15) is 5.10 Å². The van der Waals surface area contributed by atoms with E-state index in [-0.39, 0.29) is 5.91 Å². The number of nitrogens with one attached hydrogen (secondary N) is 2. The number of likely N-dealkylation sites (N-methyl/N-ethyl adjacent to an activating group) is 1. The van der Waals surface area contributed by atoms with E-state index >= 15 is 0 Å². The molecular weight excluding hydrogens is 510 g/mol. The summed E-state index contributed by atoms with van der Waals surface area (Å²) in [5.74, 6) is -0.237. The SMILES string of the molecule is C=CC(=O)Nc1cc(-c2c(-c3ccc(N4CCN(C)[C@H](C)C4)cc3)[nH]c3ncc(-c4cnn(C)c4)cc23)ccc1C. The van der Waals surface area contributed by atoms with Gasteiger partial charge in [0.1, 0.15) is 5.65 Å². The molecule has 6 rings (SSSR count). The van der Waals surface area contributed by atoms with Crippen LogP contribution in [0.3, 0.4) is 0 Å². The maximum Gasteiger partial charge on any atom is 0.247 e. The molecule has 3 aromatic heterocycles. The highest BCUT2D eigenvalue weighted by molar-refractivity contribution is 6.05. The van der Waals surface area contributed by atoms with Gasteiger partial charge in [0.15, 0.2) is 0 Å². The Morgan fingerprint density at radius 3 is 2.51 bits per heavy atom. The van der Waals surface area contributed by atoms with E-state index < -0.39 is 0 Å². The number of H-pyrrole nitrogens is 1. The fourth-order valence-electron chi connectivity index (χ4n) is 5.53. The number of benzene rings is 2. The average molecular weight is 546 g/mol. The molecule has 0 spiro atoms. The number of pyridine rings is 1. The van der Waals surface area contributed by atoms with Gasteiger partial charge in [-0.25, -0.2) is 4.98 Å². The normalized spacial score (nSPS) is 15.8. The molecule has 4 heterocycles. The van der Waals surface area contributed by atoms with Crippen LogP contribution in [0.15, 0.2) is 79.8 Å². The lowest BCUT2D eigenvalue weighted by Gasteiger charge is -2.39. The largest absolute Gasteiger partial charge is 0.369 e. The third kappa shape index (κ3) is 5.14. The molecule has 1 atom stereocenters. The van der Waals surface area contributed by atoms with Gasteiger partial charge in [0.2, 0.25) is 5.91 Å². The van der Waals surface area contributed by atoms with E-state index in [4.69, 9.17) is 4.98 Å². The first-order valence-corrected chi connectivity index (χ1v) is 13.9. The molecule has 0 bridgehead atoms. The Balaban J connectivity index is 1.47. The predicted molar refractivity (Wildman–Crippen MR) is 167 cm³/mol. The van der Waals surface area contributed by atoms with Crippen molar-refractivity contribution in [1.29, 1.82) is 0 Å². The van der Waals surface area contributed by atoms with Gasteiger partial charge >= 0.3 is 0 Å². The lowest BCUT2D eigenvalue weighted by molar-refractivity contribution is -0.111. The van der Waals surface area contributed by atoms with Crippen molar-refractivity contribution in [2.75, 3.05) is 36.9 Å².